The SMILES string of the molecule is [C-]#[N+]c1cc2[nH]nc(-c3ccc4c(c3)OCC3CN(C)CCN43)c2cc1-c1c(C)cc(CNC)cc1F. The standard InChI is InChI=1S/C29H29FN6O/c1-17-9-18(14-31-2)10-23(30)28(17)21-12-22-25(13-24(21)32-3)33-34-29(22)19-5-6-26-27(11-19)37-16-20-15-35(4)7-8-36(20)26/h5-6,9-13,20,31H,7-8,14-16H2,1-2,4H3,(H,33,34). The molecule has 2 aliphatic rings. The van der Waals surface area contributed by atoms with Gasteiger partial charge in [-0.15, -0.1) is 0 Å². The molecule has 188 valence electrons. The summed E-state index contributed by atoms with van der Waals surface area (Å²) < 4.78 is 21.5. The van der Waals surface area contributed by atoms with Crippen molar-refractivity contribution in [2.75, 3.05) is 45.2 Å². The largest absolute Gasteiger partial charge is 0.489 e. The molecule has 1 atom stereocenters. The fraction of sp³-hybridized carbons (Fsp3) is 0.310. The second kappa shape index (κ2) is 9.18. The predicted octanol–water partition coefficient (Wildman–Crippen LogP) is 5.13. The number of aryl methyl sites for hydroxylation is 1. The molecule has 7 nitrogen and oxygen atoms in total. The number of H-pyrrole nitrogens is 1. The van der Waals surface area contributed by atoms with Gasteiger partial charge in [0.25, 0.3) is 0 Å². The summed E-state index contributed by atoms with van der Waals surface area (Å²) in [6.07, 6.45) is 0. The second-order valence-electron chi connectivity index (χ2n) is 10.0. The van der Waals surface area contributed by atoms with Crippen LogP contribution in [0.1, 0.15) is 11.1 Å². The number of benzene rings is 3. The molecular weight excluding hydrogens is 467 g/mol. The van der Waals surface area contributed by atoms with Crippen molar-refractivity contribution in [1.82, 2.24) is 20.4 Å². The lowest BCUT2D eigenvalue weighted by molar-refractivity contribution is 0.188. The van der Waals surface area contributed by atoms with E-state index in [0.717, 1.165) is 64.4 Å². The third kappa shape index (κ3) is 4.01. The maximum Gasteiger partial charge on any atom is 0.197 e. The number of halogens is 1. The number of aromatic amines is 1. The summed E-state index contributed by atoms with van der Waals surface area (Å²) in [5, 5.41) is 11.6. The number of rotatable bonds is 4. The van der Waals surface area contributed by atoms with Gasteiger partial charge in [-0.25, -0.2) is 9.24 Å². The molecule has 2 N–H and O–H groups in total. The van der Waals surface area contributed by atoms with Crippen LogP contribution in [0.5, 0.6) is 5.75 Å². The minimum atomic E-state index is -0.330. The van der Waals surface area contributed by atoms with E-state index in [1.807, 2.05) is 32.2 Å². The Balaban J connectivity index is 1.44. The fourth-order valence-electron chi connectivity index (χ4n) is 5.70. The second-order valence-corrected chi connectivity index (χ2v) is 10.0. The van der Waals surface area contributed by atoms with E-state index in [9.17, 15) is 0 Å². The Morgan fingerprint density at radius 2 is 2.08 bits per heavy atom. The van der Waals surface area contributed by atoms with E-state index in [4.69, 9.17) is 11.3 Å². The summed E-state index contributed by atoms with van der Waals surface area (Å²) >= 11 is 0. The van der Waals surface area contributed by atoms with Crippen molar-refractivity contribution >= 4 is 22.3 Å². The summed E-state index contributed by atoms with van der Waals surface area (Å²) in [5.74, 6) is 0.526. The normalized spacial score (nSPS) is 17.3. The van der Waals surface area contributed by atoms with Crippen LogP contribution in [0.3, 0.4) is 0 Å². The third-order valence-electron chi connectivity index (χ3n) is 7.46. The Hall–Kier alpha value is -3.93. The first-order valence-electron chi connectivity index (χ1n) is 12.5. The minimum absolute atomic E-state index is 0.330. The number of fused-ring (bicyclic) bond motifs is 4. The molecule has 1 unspecified atom stereocenters. The number of hydrogen-bond donors (Lipinski definition) is 2. The van der Waals surface area contributed by atoms with Crippen LogP contribution >= 0.6 is 0 Å². The van der Waals surface area contributed by atoms with Gasteiger partial charge >= 0.3 is 0 Å². The van der Waals surface area contributed by atoms with E-state index < -0.39 is 0 Å². The van der Waals surface area contributed by atoms with E-state index in [2.05, 4.69) is 49.3 Å². The maximum atomic E-state index is 15.4. The summed E-state index contributed by atoms with van der Waals surface area (Å²) in [6.45, 7) is 13.9. The number of nitrogens with zero attached hydrogens (tertiary/aromatic N) is 4. The quantitative estimate of drug-likeness (QED) is 0.384. The Kier molecular flexibility index (Phi) is 5.82. The Morgan fingerprint density at radius 3 is 2.86 bits per heavy atom. The van der Waals surface area contributed by atoms with Crippen molar-refractivity contribution in [3.63, 3.8) is 0 Å². The van der Waals surface area contributed by atoms with Crippen LogP contribution in [-0.2, 0) is 6.54 Å². The molecule has 6 rings (SSSR count). The lowest BCUT2D eigenvalue weighted by Crippen LogP contribution is -2.56. The first-order chi connectivity index (χ1) is 18.0. The Morgan fingerprint density at radius 1 is 1.22 bits per heavy atom. The van der Waals surface area contributed by atoms with Gasteiger partial charge in [0.05, 0.1) is 29.5 Å². The number of likely N-dealkylation sites (N-methyl/N-ethyl adjacent to an activating group) is 1. The molecule has 1 fully saturated rings. The van der Waals surface area contributed by atoms with Gasteiger partial charge in [0.15, 0.2) is 5.69 Å². The molecule has 8 heteroatoms. The molecule has 0 saturated carbocycles. The molecule has 2 aliphatic heterocycles. The molecule has 1 saturated heterocycles. The van der Waals surface area contributed by atoms with E-state index >= 15 is 4.39 Å². The smallest absolute Gasteiger partial charge is 0.197 e. The van der Waals surface area contributed by atoms with Gasteiger partial charge in [0, 0.05) is 42.7 Å². The highest BCUT2D eigenvalue weighted by Gasteiger charge is 2.32. The third-order valence-corrected chi connectivity index (χ3v) is 7.46. The highest BCUT2D eigenvalue weighted by molar-refractivity contribution is 6.00. The molecule has 0 bridgehead atoms. The first kappa shape index (κ1) is 23.5. The molecule has 3 aromatic carbocycles. The maximum absolute atomic E-state index is 15.4. The van der Waals surface area contributed by atoms with Crippen LogP contribution in [-0.4, -0.2) is 61.5 Å². The molecular formula is C29H29FN6O. The summed E-state index contributed by atoms with van der Waals surface area (Å²) in [6, 6.07) is 13.7. The van der Waals surface area contributed by atoms with E-state index in [1.165, 1.54) is 0 Å². The summed E-state index contributed by atoms with van der Waals surface area (Å²) in [7, 11) is 3.98. The molecule has 0 amide bonds. The lowest BCUT2D eigenvalue weighted by Gasteiger charge is -2.44. The summed E-state index contributed by atoms with van der Waals surface area (Å²) in [5.41, 5.74) is 6.61. The first-order valence-corrected chi connectivity index (χ1v) is 12.5. The van der Waals surface area contributed by atoms with Gasteiger partial charge in [-0.3, -0.25) is 5.10 Å². The number of piperazine rings is 1. The van der Waals surface area contributed by atoms with Crippen molar-refractivity contribution in [2.45, 2.75) is 19.5 Å². The van der Waals surface area contributed by atoms with Crippen LogP contribution in [0.15, 0.2) is 42.5 Å². The van der Waals surface area contributed by atoms with E-state index in [-0.39, 0.29) is 5.82 Å². The average Bonchev–Trinajstić information content (AvgIpc) is 3.30. The fourth-order valence-corrected chi connectivity index (χ4v) is 5.70. The van der Waals surface area contributed by atoms with Crippen molar-refractivity contribution in [1.29, 1.82) is 0 Å². The van der Waals surface area contributed by atoms with Crippen molar-refractivity contribution < 1.29 is 9.13 Å². The van der Waals surface area contributed by atoms with Crippen LogP contribution in [0, 0.1) is 19.3 Å². The zero-order valence-electron chi connectivity index (χ0n) is 21.2. The molecule has 1 aromatic heterocycles. The van der Waals surface area contributed by atoms with Crippen LogP contribution in [0.4, 0.5) is 15.8 Å². The highest BCUT2D eigenvalue weighted by Crippen LogP contribution is 2.42. The van der Waals surface area contributed by atoms with Crippen LogP contribution in [0.25, 0.3) is 38.1 Å². The Bertz CT molecular complexity index is 1530. The van der Waals surface area contributed by atoms with Crippen molar-refractivity contribution in [3.05, 3.63) is 70.8 Å². The van der Waals surface area contributed by atoms with Crippen molar-refractivity contribution in [2.24, 2.45) is 0 Å². The Labute approximate surface area is 215 Å². The van der Waals surface area contributed by atoms with Gasteiger partial charge in [-0.1, -0.05) is 18.2 Å². The van der Waals surface area contributed by atoms with Gasteiger partial charge in [0.2, 0.25) is 0 Å². The molecule has 37 heavy (non-hydrogen) atoms. The summed E-state index contributed by atoms with van der Waals surface area (Å²) in [4.78, 5) is 8.50. The van der Waals surface area contributed by atoms with Gasteiger partial charge in [-0.05, 0) is 62.0 Å². The zero-order valence-corrected chi connectivity index (χ0v) is 21.2. The number of nitrogens with one attached hydrogen (secondary N) is 2. The number of aromatic nitrogens is 2. The average molecular weight is 497 g/mol. The predicted molar refractivity (Wildman–Crippen MR) is 145 cm³/mol. The lowest BCUT2D eigenvalue weighted by atomic mass is 9.94. The van der Waals surface area contributed by atoms with E-state index in [0.29, 0.717) is 36.0 Å². The number of anilines is 1. The number of hydrogen-bond acceptors (Lipinski definition) is 5. The van der Waals surface area contributed by atoms with Gasteiger partial charge in [-0.2, -0.15) is 5.10 Å². The topological polar surface area (TPSA) is 60.8 Å². The van der Waals surface area contributed by atoms with E-state index in [1.54, 1.807) is 12.1 Å². The number of ether oxygens (including phenoxy) is 1. The molecule has 0 spiro atoms. The van der Waals surface area contributed by atoms with Crippen molar-refractivity contribution in [3.8, 4) is 28.1 Å². The minimum Gasteiger partial charge on any atom is -0.489 e. The molecule has 4 aromatic rings. The van der Waals surface area contributed by atoms with Gasteiger partial charge < -0.3 is 19.9 Å². The molecule has 0 radical (unpaired) electrons. The van der Waals surface area contributed by atoms with Crippen LogP contribution in [0.2, 0.25) is 0 Å². The molecule has 3 heterocycles. The molecule has 0 aliphatic carbocycles. The zero-order chi connectivity index (χ0) is 25.7. The monoisotopic (exact) mass is 496 g/mol. The highest BCUT2D eigenvalue weighted by atomic mass is 19.1. The van der Waals surface area contributed by atoms with Gasteiger partial charge in [0.1, 0.15) is 18.2 Å². The van der Waals surface area contributed by atoms with Crippen LogP contribution < -0.4 is 15.0 Å².